The van der Waals surface area contributed by atoms with Gasteiger partial charge >= 0.3 is 7.12 Å². The summed E-state index contributed by atoms with van der Waals surface area (Å²) in [6.07, 6.45) is 0. The van der Waals surface area contributed by atoms with Gasteiger partial charge in [0.05, 0.1) is 0 Å². The minimum Gasteiger partial charge on any atom is -0.422 e. The molecule has 0 amide bonds. The number of hydrogen-bond acceptors (Lipinski definition) is 5. The zero-order valence-corrected chi connectivity index (χ0v) is 7.89. The maximum atomic E-state index is 8.76. The molecule has 1 aromatic heterocycles. The minimum absolute atomic E-state index is 0.0760. The van der Waals surface area contributed by atoms with Crippen molar-refractivity contribution in [1.82, 2.24) is 15.0 Å². The lowest BCUT2D eigenvalue weighted by atomic mass is 9.87. The first-order chi connectivity index (χ1) is 5.65. The minimum atomic E-state index is -1.62. The summed E-state index contributed by atoms with van der Waals surface area (Å²) in [5, 5.41) is 25.0. The van der Waals surface area contributed by atoms with Gasteiger partial charge in [0.2, 0.25) is 0 Å². The van der Waals surface area contributed by atoms with Gasteiger partial charge in [0.25, 0.3) is 0 Å². The molecule has 12 heavy (non-hydrogen) atoms. The topological polar surface area (TPSA) is 80.4 Å². The van der Waals surface area contributed by atoms with E-state index in [1.54, 1.807) is 0 Å². The quantitative estimate of drug-likeness (QED) is 0.613. The predicted molar refractivity (Wildman–Crippen MR) is 44.6 cm³/mol. The van der Waals surface area contributed by atoms with E-state index in [4.69, 9.17) is 14.8 Å². The first kappa shape index (κ1) is 9.65. The van der Waals surface area contributed by atoms with E-state index in [0.29, 0.717) is 4.60 Å². The third-order valence-corrected chi connectivity index (χ3v) is 1.69. The average Bonchev–Trinajstić information content (AvgIpc) is 2.32. The Hall–Kier alpha value is -0.435. The van der Waals surface area contributed by atoms with E-state index in [1.807, 2.05) is 0 Å². The molecule has 0 aromatic carbocycles. The monoisotopic (exact) mass is 235 g/mol. The van der Waals surface area contributed by atoms with Gasteiger partial charge in [-0.15, -0.1) is 5.10 Å². The van der Waals surface area contributed by atoms with E-state index in [2.05, 4.69) is 26.1 Å². The highest BCUT2D eigenvalue weighted by molar-refractivity contribution is 9.10. The molecule has 66 valence electrons. The van der Waals surface area contributed by atoms with Crippen LogP contribution >= 0.6 is 15.9 Å². The molecule has 0 fully saturated rings. The highest BCUT2D eigenvalue weighted by Gasteiger charge is 2.20. The SMILES string of the molecule is COCn1nc(Br)c(B(O)O)n1. The van der Waals surface area contributed by atoms with Gasteiger partial charge in [-0.25, -0.2) is 0 Å². The predicted octanol–water partition coefficient (Wildman–Crippen LogP) is -1.68. The second kappa shape index (κ2) is 3.99. The van der Waals surface area contributed by atoms with Gasteiger partial charge in [-0.3, -0.25) is 0 Å². The second-order valence-corrected chi connectivity index (χ2v) is 2.79. The summed E-state index contributed by atoms with van der Waals surface area (Å²) in [6.45, 7) is 0.172. The third kappa shape index (κ3) is 2.04. The number of aromatic nitrogens is 3. The van der Waals surface area contributed by atoms with Crippen LogP contribution in [-0.2, 0) is 11.5 Å². The van der Waals surface area contributed by atoms with Crippen molar-refractivity contribution >= 4 is 28.6 Å². The fraction of sp³-hybridized carbons (Fsp3) is 0.500. The van der Waals surface area contributed by atoms with Crippen molar-refractivity contribution in [2.75, 3.05) is 7.11 Å². The number of rotatable bonds is 3. The number of halogens is 1. The van der Waals surface area contributed by atoms with Crippen LogP contribution in [0.1, 0.15) is 0 Å². The van der Waals surface area contributed by atoms with Crippen LogP contribution in [0.3, 0.4) is 0 Å². The Labute approximate surface area is 77.4 Å². The van der Waals surface area contributed by atoms with Gasteiger partial charge in [-0.1, -0.05) is 0 Å². The highest BCUT2D eigenvalue weighted by atomic mass is 79.9. The molecule has 0 spiro atoms. The molecule has 6 nitrogen and oxygen atoms in total. The Morgan fingerprint density at radius 2 is 2.25 bits per heavy atom. The van der Waals surface area contributed by atoms with E-state index < -0.39 is 7.12 Å². The fourth-order valence-corrected chi connectivity index (χ4v) is 1.14. The molecule has 0 saturated heterocycles. The molecule has 0 unspecified atom stereocenters. The summed E-state index contributed by atoms with van der Waals surface area (Å²) >= 11 is 3.02. The van der Waals surface area contributed by atoms with Crippen LogP contribution in [0, 0.1) is 0 Å². The molecule has 0 aliphatic heterocycles. The summed E-state index contributed by atoms with van der Waals surface area (Å²) in [5.41, 5.74) is 0.0760. The van der Waals surface area contributed by atoms with Crippen molar-refractivity contribution in [3.63, 3.8) is 0 Å². The van der Waals surface area contributed by atoms with E-state index >= 15 is 0 Å². The van der Waals surface area contributed by atoms with Crippen molar-refractivity contribution in [2.24, 2.45) is 0 Å². The number of methoxy groups -OCH3 is 1. The Bertz CT molecular complexity index is 266. The van der Waals surface area contributed by atoms with Crippen LogP contribution in [0.4, 0.5) is 0 Å². The molecule has 0 aliphatic rings. The van der Waals surface area contributed by atoms with Gasteiger partial charge in [-0.2, -0.15) is 9.90 Å². The summed E-state index contributed by atoms with van der Waals surface area (Å²) in [7, 11) is -0.128. The van der Waals surface area contributed by atoms with Crippen LogP contribution in [-0.4, -0.2) is 39.3 Å². The summed E-state index contributed by atoms with van der Waals surface area (Å²) < 4.78 is 5.03. The van der Waals surface area contributed by atoms with Crippen molar-refractivity contribution in [2.45, 2.75) is 6.73 Å². The summed E-state index contributed by atoms with van der Waals surface area (Å²) in [5.74, 6) is 0. The Balaban J connectivity index is 2.85. The zero-order chi connectivity index (χ0) is 9.14. The van der Waals surface area contributed by atoms with E-state index in [1.165, 1.54) is 11.9 Å². The molecule has 0 bridgehead atoms. The molecular weight excluding hydrogens is 229 g/mol. The highest BCUT2D eigenvalue weighted by Crippen LogP contribution is 1.99. The van der Waals surface area contributed by atoms with Crippen molar-refractivity contribution in [3.05, 3.63) is 4.60 Å². The molecule has 0 atom stereocenters. The lowest BCUT2D eigenvalue weighted by molar-refractivity contribution is 0.108. The van der Waals surface area contributed by atoms with Crippen molar-refractivity contribution < 1.29 is 14.8 Å². The van der Waals surface area contributed by atoms with Gasteiger partial charge in [0.15, 0.2) is 6.73 Å². The first-order valence-corrected chi connectivity index (χ1v) is 3.90. The fourth-order valence-electron chi connectivity index (χ4n) is 0.672. The summed E-state index contributed by atoms with van der Waals surface area (Å²) in [6, 6.07) is 0. The maximum absolute atomic E-state index is 8.76. The molecular formula is C4H7BBrN3O3. The molecule has 1 heterocycles. The molecule has 0 aliphatic carbocycles. The molecule has 1 aromatic rings. The van der Waals surface area contributed by atoms with E-state index in [-0.39, 0.29) is 12.3 Å². The normalized spacial score (nSPS) is 10.3. The van der Waals surface area contributed by atoms with Crippen molar-refractivity contribution in [1.29, 1.82) is 0 Å². The van der Waals surface area contributed by atoms with Gasteiger partial charge in [0, 0.05) is 7.11 Å². The third-order valence-electron chi connectivity index (χ3n) is 1.13. The average molecular weight is 236 g/mol. The number of ether oxygens (including phenoxy) is 1. The van der Waals surface area contributed by atoms with Crippen LogP contribution in [0.5, 0.6) is 0 Å². The lowest BCUT2D eigenvalue weighted by Gasteiger charge is -1.94. The van der Waals surface area contributed by atoms with Crippen LogP contribution < -0.4 is 5.59 Å². The van der Waals surface area contributed by atoms with Gasteiger partial charge in [0.1, 0.15) is 10.2 Å². The zero-order valence-electron chi connectivity index (χ0n) is 6.31. The maximum Gasteiger partial charge on any atom is 0.513 e. The van der Waals surface area contributed by atoms with Gasteiger partial charge < -0.3 is 14.8 Å². The van der Waals surface area contributed by atoms with Crippen LogP contribution in [0.25, 0.3) is 0 Å². The second-order valence-electron chi connectivity index (χ2n) is 2.04. The van der Waals surface area contributed by atoms with Gasteiger partial charge in [-0.05, 0) is 15.9 Å². The molecule has 0 radical (unpaired) electrons. The first-order valence-electron chi connectivity index (χ1n) is 3.10. The molecule has 8 heteroatoms. The summed E-state index contributed by atoms with van der Waals surface area (Å²) in [4.78, 5) is 1.21. The Morgan fingerprint density at radius 1 is 1.58 bits per heavy atom. The van der Waals surface area contributed by atoms with Crippen molar-refractivity contribution in [3.8, 4) is 0 Å². The molecule has 1 rings (SSSR count). The Kier molecular flexibility index (Phi) is 3.21. The standard InChI is InChI=1S/C4H7BBrN3O3/c1-12-2-9-7-3(5(10)11)4(6)8-9/h10-11H,2H2,1H3. The van der Waals surface area contributed by atoms with Crippen LogP contribution in [0.2, 0.25) is 0 Å². The Morgan fingerprint density at radius 3 is 2.67 bits per heavy atom. The largest absolute Gasteiger partial charge is 0.513 e. The lowest BCUT2D eigenvalue weighted by Crippen LogP contribution is -2.32. The van der Waals surface area contributed by atoms with E-state index in [0.717, 1.165) is 0 Å². The molecule has 2 N–H and O–H groups in total. The van der Waals surface area contributed by atoms with Crippen LogP contribution in [0.15, 0.2) is 4.60 Å². The number of hydrogen-bond donors (Lipinski definition) is 2. The number of nitrogens with zero attached hydrogens (tertiary/aromatic N) is 3. The molecule has 0 saturated carbocycles. The smallest absolute Gasteiger partial charge is 0.422 e. The van der Waals surface area contributed by atoms with E-state index in [9.17, 15) is 0 Å².